The van der Waals surface area contributed by atoms with E-state index >= 15 is 0 Å². The number of hydrogen-bond donors (Lipinski definition) is 0. The number of nitrogens with zero attached hydrogens (tertiary/aromatic N) is 1. The van der Waals surface area contributed by atoms with Gasteiger partial charge in [0, 0.05) is 13.6 Å². The van der Waals surface area contributed by atoms with Crippen LogP contribution in [0.15, 0.2) is 42.5 Å². The lowest BCUT2D eigenvalue weighted by atomic mass is 10.1. The highest BCUT2D eigenvalue weighted by atomic mass is 16.5. The molecule has 0 aliphatic carbocycles. The van der Waals surface area contributed by atoms with E-state index < -0.39 is 0 Å². The molecule has 6 nitrogen and oxygen atoms in total. The molecule has 0 fully saturated rings. The van der Waals surface area contributed by atoms with Gasteiger partial charge < -0.3 is 23.8 Å². The summed E-state index contributed by atoms with van der Waals surface area (Å²) in [5, 5.41) is 0. The van der Waals surface area contributed by atoms with Gasteiger partial charge in [0.05, 0.1) is 34.4 Å². The van der Waals surface area contributed by atoms with E-state index in [9.17, 15) is 4.79 Å². The number of ether oxygens (including phenoxy) is 4. The molecule has 0 aliphatic rings. The predicted octanol–water partition coefficient (Wildman–Crippen LogP) is 3.14. The van der Waals surface area contributed by atoms with Crippen LogP contribution in [0, 0.1) is 0 Å². The van der Waals surface area contributed by atoms with Gasteiger partial charge in [-0.3, -0.25) is 4.79 Å². The maximum Gasteiger partial charge on any atom is 0.226 e. The molecule has 0 spiro atoms. The van der Waals surface area contributed by atoms with Gasteiger partial charge in [0.1, 0.15) is 5.75 Å². The maximum atomic E-state index is 12.3. The second-order valence-electron chi connectivity index (χ2n) is 5.69. The second-order valence-corrected chi connectivity index (χ2v) is 5.69. The molecular weight excluding hydrogens is 334 g/mol. The van der Waals surface area contributed by atoms with Gasteiger partial charge in [0.2, 0.25) is 11.7 Å². The van der Waals surface area contributed by atoms with Crippen molar-refractivity contribution in [2.45, 2.75) is 13.0 Å². The molecule has 0 radical (unpaired) electrons. The van der Waals surface area contributed by atoms with Gasteiger partial charge in [0.25, 0.3) is 0 Å². The van der Waals surface area contributed by atoms with Crippen LogP contribution in [0.1, 0.15) is 12.0 Å². The van der Waals surface area contributed by atoms with Crippen molar-refractivity contribution >= 4 is 5.91 Å². The Morgan fingerprint density at radius 3 is 2.12 bits per heavy atom. The molecule has 0 bridgehead atoms. The number of amides is 1. The molecule has 2 aromatic carbocycles. The second kappa shape index (κ2) is 9.56. The van der Waals surface area contributed by atoms with E-state index in [1.54, 1.807) is 33.3 Å². The highest BCUT2D eigenvalue weighted by Gasteiger charge is 2.16. The Bertz CT molecular complexity index is 692. The summed E-state index contributed by atoms with van der Waals surface area (Å²) in [4.78, 5) is 14.0. The van der Waals surface area contributed by atoms with E-state index in [4.69, 9.17) is 18.9 Å². The number of para-hydroxylation sites is 1. The molecule has 140 valence electrons. The van der Waals surface area contributed by atoms with E-state index in [1.807, 2.05) is 42.5 Å². The summed E-state index contributed by atoms with van der Waals surface area (Å²) in [6.45, 7) is 0.767. The predicted molar refractivity (Wildman–Crippen MR) is 99.1 cm³/mol. The molecule has 2 aromatic rings. The van der Waals surface area contributed by atoms with E-state index in [2.05, 4.69) is 0 Å². The maximum absolute atomic E-state index is 12.3. The van der Waals surface area contributed by atoms with Gasteiger partial charge in [-0.25, -0.2) is 0 Å². The Morgan fingerprint density at radius 2 is 1.58 bits per heavy atom. The van der Waals surface area contributed by atoms with Gasteiger partial charge in [-0.2, -0.15) is 0 Å². The minimum absolute atomic E-state index is 0.00492. The van der Waals surface area contributed by atoms with Crippen molar-refractivity contribution in [1.82, 2.24) is 4.90 Å². The first-order chi connectivity index (χ1) is 12.6. The number of rotatable bonds is 9. The van der Waals surface area contributed by atoms with Crippen molar-refractivity contribution in [3.05, 3.63) is 48.0 Å². The van der Waals surface area contributed by atoms with E-state index in [0.717, 1.165) is 11.3 Å². The minimum atomic E-state index is -0.00492. The number of carbonyl (C=O) groups is 1. The number of hydrogen-bond acceptors (Lipinski definition) is 5. The van der Waals surface area contributed by atoms with Crippen LogP contribution < -0.4 is 18.9 Å². The van der Waals surface area contributed by atoms with Crippen LogP contribution in [0.3, 0.4) is 0 Å². The molecule has 26 heavy (non-hydrogen) atoms. The van der Waals surface area contributed by atoms with Crippen LogP contribution in [0.4, 0.5) is 0 Å². The first-order valence-electron chi connectivity index (χ1n) is 8.29. The first kappa shape index (κ1) is 19.4. The lowest BCUT2D eigenvalue weighted by molar-refractivity contribution is -0.130. The van der Waals surface area contributed by atoms with Crippen LogP contribution in [0.5, 0.6) is 23.0 Å². The first-order valence-corrected chi connectivity index (χ1v) is 8.29. The molecule has 2 rings (SSSR count). The summed E-state index contributed by atoms with van der Waals surface area (Å²) in [6.07, 6.45) is 0.301. The van der Waals surface area contributed by atoms with Gasteiger partial charge in [-0.1, -0.05) is 18.2 Å². The molecule has 0 aromatic heterocycles. The van der Waals surface area contributed by atoms with Gasteiger partial charge >= 0.3 is 0 Å². The molecule has 0 aliphatic heterocycles. The molecule has 0 heterocycles. The monoisotopic (exact) mass is 359 g/mol. The lowest BCUT2D eigenvalue weighted by Gasteiger charge is -2.19. The molecule has 1 amide bonds. The summed E-state index contributed by atoms with van der Waals surface area (Å²) in [7, 11) is 6.45. The largest absolute Gasteiger partial charge is 0.493 e. The lowest BCUT2D eigenvalue weighted by Crippen LogP contribution is -2.27. The van der Waals surface area contributed by atoms with Crippen LogP contribution in [-0.2, 0) is 11.3 Å². The van der Waals surface area contributed by atoms with E-state index in [0.29, 0.717) is 36.8 Å². The Balaban J connectivity index is 1.95. The SMILES string of the molecule is COc1cc(CN(C)C(=O)CCOc2ccccc2)cc(OC)c1OC. The third-order valence-electron chi connectivity index (χ3n) is 3.90. The van der Waals surface area contributed by atoms with Crippen molar-refractivity contribution in [1.29, 1.82) is 0 Å². The summed E-state index contributed by atoms with van der Waals surface area (Å²) < 4.78 is 21.6. The van der Waals surface area contributed by atoms with Gasteiger partial charge in [0.15, 0.2) is 11.5 Å². The topological polar surface area (TPSA) is 57.2 Å². The van der Waals surface area contributed by atoms with E-state index in [1.165, 1.54) is 0 Å². The molecule has 0 N–H and O–H groups in total. The smallest absolute Gasteiger partial charge is 0.226 e. The average molecular weight is 359 g/mol. The van der Waals surface area contributed by atoms with E-state index in [-0.39, 0.29) is 5.91 Å². The summed E-state index contributed by atoms with van der Waals surface area (Å²) in [6, 6.07) is 13.1. The number of benzene rings is 2. The fourth-order valence-corrected chi connectivity index (χ4v) is 2.55. The summed E-state index contributed by atoms with van der Waals surface area (Å²) in [5.41, 5.74) is 0.888. The summed E-state index contributed by atoms with van der Waals surface area (Å²) in [5.74, 6) is 2.41. The Morgan fingerprint density at radius 1 is 0.962 bits per heavy atom. The van der Waals surface area contributed by atoms with Crippen molar-refractivity contribution in [2.75, 3.05) is 35.0 Å². The van der Waals surface area contributed by atoms with Crippen molar-refractivity contribution in [2.24, 2.45) is 0 Å². The fourth-order valence-electron chi connectivity index (χ4n) is 2.55. The van der Waals surface area contributed by atoms with Crippen molar-refractivity contribution in [3.8, 4) is 23.0 Å². The molecule has 0 saturated carbocycles. The zero-order chi connectivity index (χ0) is 18.9. The third kappa shape index (κ3) is 5.05. The molecule has 0 atom stereocenters. The zero-order valence-corrected chi connectivity index (χ0v) is 15.7. The molecule has 0 unspecified atom stereocenters. The van der Waals surface area contributed by atoms with Crippen LogP contribution >= 0.6 is 0 Å². The Labute approximate surface area is 154 Å². The van der Waals surface area contributed by atoms with Gasteiger partial charge in [-0.05, 0) is 29.8 Å². The number of methoxy groups -OCH3 is 3. The zero-order valence-electron chi connectivity index (χ0n) is 15.7. The summed E-state index contributed by atoms with van der Waals surface area (Å²) >= 11 is 0. The normalized spacial score (nSPS) is 10.2. The molecular formula is C20H25NO5. The van der Waals surface area contributed by atoms with Gasteiger partial charge in [-0.15, -0.1) is 0 Å². The van der Waals surface area contributed by atoms with Crippen LogP contribution in [-0.4, -0.2) is 45.8 Å². The molecule has 6 heteroatoms. The highest BCUT2D eigenvalue weighted by molar-refractivity contribution is 5.76. The third-order valence-corrected chi connectivity index (χ3v) is 3.90. The quantitative estimate of drug-likeness (QED) is 0.688. The van der Waals surface area contributed by atoms with Crippen LogP contribution in [0.2, 0.25) is 0 Å². The molecule has 0 saturated heterocycles. The Kier molecular flexibility index (Phi) is 7.14. The van der Waals surface area contributed by atoms with Crippen molar-refractivity contribution < 1.29 is 23.7 Å². The van der Waals surface area contributed by atoms with Crippen LogP contribution in [0.25, 0.3) is 0 Å². The average Bonchev–Trinajstić information content (AvgIpc) is 2.67. The standard InChI is InChI=1S/C20H25NO5/c1-21(19(22)10-11-26-16-8-6-5-7-9-16)14-15-12-17(23-2)20(25-4)18(13-15)24-3/h5-9,12-13H,10-11,14H2,1-4H3. The highest BCUT2D eigenvalue weighted by Crippen LogP contribution is 2.38. The van der Waals surface area contributed by atoms with Crippen molar-refractivity contribution in [3.63, 3.8) is 0 Å². The fraction of sp³-hybridized carbons (Fsp3) is 0.350. The minimum Gasteiger partial charge on any atom is -0.493 e. The number of carbonyl (C=O) groups excluding carboxylic acids is 1. The Hall–Kier alpha value is -2.89.